The fourth-order valence-corrected chi connectivity index (χ4v) is 6.95. The minimum Gasteiger partial charge on any atom is -0.336 e. The summed E-state index contributed by atoms with van der Waals surface area (Å²) < 4.78 is 28.9. The molecule has 1 aromatic rings. The number of likely N-dealkylation sites (tertiary alicyclic amines) is 1. The number of sulfonamides is 1. The third-order valence-corrected chi connectivity index (χ3v) is 8.71. The Morgan fingerprint density at radius 1 is 1.13 bits per heavy atom. The van der Waals surface area contributed by atoms with Crippen LogP contribution in [0.1, 0.15) is 39.5 Å². The fraction of sp³-hybridized carbons (Fsp3) is 0.696. The van der Waals surface area contributed by atoms with Crippen molar-refractivity contribution in [2.24, 2.45) is 11.3 Å². The molecule has 1 aromatic carbocycles. The molecule has 3 rings (SSSR count). The first-order chi connectivity index (χ1) is 14.7. The number of urea groups is 1. The van der Waals surface area contributed by atoms with Gasteiger partial charge in [-0.25, -0.2) is 13.2 Å². The number of amides is 2. The number of nitrogens with zero attached hydrogens (tertiary/aromatic N) is 3. The van der Waals surface area contributed by atoms with Crippen molar-refractivity contribution >= 4 is 16.1 Å². The van der Waals surface area contributed by atoms with E-state index in [-0.39, 0.29) is 17.5 Å². The standard InChI is InChI=1S/C23H38N4O3S/c1-19(2)18-26-15-12-23(13-16-26)11-8-14-27(21(23)17-24-22(28)25(3)4)31(29,30)20-9-6-5-7-10-20/h5-7,9-10,19,21H,8,11-18H2,1-4H3,(H,24,28)/t21-/m0/s1. The van der Waals surface area contributed by atoms with Crippen LogP contribution in [0.2, 0.25) is 0 Å². The summed E-state index contributed by atoms with van der Waals surface area (Å²) >= 11 is 0. The van der Waals surface area contributed by atoms with Gasteiger partial charge in [0.2, 0.25) is 10.0 Å². The SMILES string of the molecule is CC(C)CN1CCC2(CCCN(S(=O)(=O)c3ccccc3)[C@H]2CNC(=O)N(C)C)CC1. The second-order valence-electron chi connectivity index (χ2n) is 9.69. The Morgan fingerprint density at radius 3 is 2.35 bits per heavy atom. The Hall–Kier alpha value is -1.64. The molecule has 0 aliphatic carbocycles. The maximum Gasteiger partial charge on any atom is 0.316 e. The van der Waals surface area contributed by atoms with E-state index in [1.807, 2.05) is 6.07 Å². The monoisotopic (exact) mass is 450 g/mol. The Morgan fingerprint density at radius 2 is 1.77 bits per heavy atom. The number of nitrogens with one attached hydrogen (secondary N) is 1. The van der Waals surface area contributed by atoms with E-state index in [1.165, 1.54) is 4.90 Å². The number of benzene rings is 1. The van der Waals surface area contributed by atoms with E-state index in [4.69, 9.17) is 0 Å². The summed E-state index contributed by atoms with van der Waals surface area (Å²) in [6.07, 6.45) is 3.78. The average molecular weight is 451 g/mol. The largest absolute Gasteiger partial charge is 0.336 e. The molecule has 2 aliphatic heterocycles. The molecule has 7 nitrogen and oxygen atoms in total. The molecule has 1 atom stereocenters. The van der Waals surface area contributed by atoms with E-state index in [0.29, 0.717) is 23.9 Å². The van der Waals surface area contributed by atoms with Crippen molar-refractivity contribution in [1.82, 2.24) is 19.4 Å². The van der Waals surface area contributed by atoms with Crippen LogP contribution in [0.15, 0.2) is 35.2 Å². The van der Waals surface area contributed by atoms with Crippen molar-refractivity contribution in [1.29, 1.82) is 0 Å². The van der Waals surface area contributed by atoms with Gasteiger partial charge in [0.1, 0.15) is 0 Å². The lowest BCUT2D eigenvalue weighted by atomic mass is 9.67. The van der Waals surface area contributed by atoms with Crippen LogP contribution < -0.4 is 5.32 Å². The van der Waals surface area contributed by atoms with Gasteiger partial charge in [-0.05, 0) is 62.2 Å². The molecule has 1 spiro atoms. The van der Waals surface area contributed by atoms with E-state index in [1.54, 1.807) is 42.7 Å². The number of carbonyl (C=O) groups excluding carboxylic acids is 1. The van der Waals surface area contributed by atoms with E-state index >= 15 is 0 Å². The Bertz CT molecular complexity index is 834. The summed E-state index contributed by atoms with van der Waals surface area (Å²) in [4.78, 5) is 16.6. The zero-order valence-corrected chi connectivity index (χ0v) is 20.2. The van der Waals surface area contributed by atoms with Crippen LogP contribution in [0.25, 0.3) is 0 Å². The second kappa shape index (κ2) is 9.88. The molecule has 2 heterocycles. The van der Waals surface area contributed by atoms with Gasteiger partial charge in [-0.1, -0.05) is 32.0 Å². The second-order valence-corrected chi connectivity index (χ2v) is 11.6. The number of rotatable bonds is 6. The number of piperidine rings is 2. The highest BCUT2D eigenvalue weighted by Crippen LogP contribution is 2.46. The molecule has 0 unspecified atom stereocenters. The van der Waals surface area contributed by atoms with Crippen molar-refractivity contribution in [3.05, 3.63) is 30.3 Å². The average Bonchev–Trinajstić information content (AvgIpc) is 2.74. The predicted molar refractivity (Wildman–Crippen MR) is 123 cm³/mol. The van der Waals surface area contributed by atoms with Crippen LogP contribution >= 0.6 is 0 Å². The summed E-state index contributed by atoms with van der Waals surface area (Å²) in [5, 5.41) is 2.99. The molecule has 2 saturated heterocycles. The molecule has 0 saturated carbocycles. The van der Waals surface area contributed by atoms with Gasteiger partial charge >= 0.3 is 6.03 Å². The van der Waals surface area contributed by atoms with Gasteiger partial charge in [-0.3, -0.25) is 0 Å². The number of hydrogen-bond acceptors (Lipinski definition) is 4. The van der Waals surface area contributed by atoms with Crippen molar-refractivity contribution in [2.45, 2.75) is 50.5 Å². The zero-order valence-electron chi connectivity index (χ0n) is 19.4. The first-order valence-corrected chi connectivity index (χ1v) is 12.8. The maximum atomic E-state index is 13.6. The molecule has 2 amide bonds. The van der Waals surface area contributed by atoms with Crippen LogP contribution in [0.5, 0.6) is 0 Å². The van der Waals surface area contributed by atoms with Gasteiger partial charge in [-0.15, -0.1) is 0 Å². The van der Waals surface area contributed by atoms with Gasteiger partial charge in [-0.2, -0.15) is 4.31 Å². The third-order valence-electron chi connectivity index (χ3n) is 6.79. The van der Waals surface area contributed by atoms with Gasteiger partial charge in [0.25, 0.3) is 0 Å². The highest BCUT2D eigenvalue weighted by molar-refractivity contribution is 7.89. The molecule has 31 heavy (non-hydrogen) atoms. The highest BCUT2D eigenvalue weighted by atomic mass is 32.2. The lowest BCUT2D eigenvalue weighted by Gasteiger charge is -2.53. The summed E-state index contributed by atoms with van der Waals surface area (Å²) in [5.41, 5.74) is -0.104. The minimum atomic E-state index is -3.63. The van der Waals surface area contributed by atoms with E-state index in [2.05, 4.69) is 24.1 Å². The summed E-state index contributed by atoms with van der Waals surface area (Å²) in [5.74, 6) is 0.616. The third kappa shape index (κ3) is 5.41. The molecule has 2 aliphatic rings. The highest BCUT2D eigenvalue weighted by Gasteiger charge is 2.49. The molecular formula is C23H38N4O3S. The van der Waals surface area contributed by atoms with Crippen molar-refractivity contribution in [3.8, 4) is 0 Å². The number of carbonyl (C=O) groups is 1. The van der Waals surface area contributed by atoms with Crippen molar-refractivity contribution < 1.29 is 13.2 Å². The normalized spacial score (nSPS) is 22.5. The van der Waals surface area contributed by atoms with E-state index < -0.39 is 10.0 Å². The molecule has 174 valence electrons. The molecular weight excluding hydrogens is 412 g/mol. The van der Waals surface area contributed by atoms with Gasteiger partial charge in [0, 0.05) is 39.8 Å². The smallest absolute Gasteiger partial charge is 0.316 e. The predicted octanol–water partition coefficient (Wildman–Crippen LogP) is 2.85. The molecule has 0 aromatic heterocycles. The lowest BCUT2D eigenvalue weighted by molar-refractivity contribution is 0.00110. The Kier molecular flexibility index (Phi) is 7.65. The molecule has 0 bridgehead atoms. The van der Waals surface area contributed by atoms with Gasteiger partial charge in [0.05, 0.1) is 4.90 Å². The molecule has 0 radical (unpaired) electrons. The van der Waals surface area contributed by atoms with E-state index in [0.717, 1.165) is 45.3 Å². The molecule has 2 fully saturated rings. The van der Waals surface area contributed by atoms with Crippen LogP contribution in [-0.4, -0.2) is 81.4 Å². The molecule has 1 N–H and O–H groups in total. The van der Waals surface area contributed by atoms with Crippen molar-refractivity contribution in [3.63, 3.8) is 0 Å². The minimum absolute atomic E-state index is 0.104. The molecule has 8 heteroatoms. The Balaban J connectivity index is 1.88. The number of hydrogen-bond donors (Lipinski definition) is 1. The van der Waals surface area contributed by atoms with Crippen molar-refractivity contribution in [2.75, 3.05) is 46.8 Å². The zero-order chi connectivity index (χ0) is 22.6. The van der Waals surface area contributed by atoms with Gasteiger partial charge in [0.15, 0.2) is 0 Å². The summed E-state index contributed by atoms with van der Waals surface area (Å²) in [6, 6.07) is 8.26. The summed E-state index contributed by atoms with van der Waals surface area (Å²) in [7, 11) is -0.226. The van der Waals surface area contributed by atoms with Gasteiger partial charge < -0.3 is 15.1 Å². The fourth-order valence-electron chi connectivity index (χ4n) is 5.17. The van der Waals surface area contributed by atoms with Crippen LogP contribution in [0.4, 0.5) is 4.79 Å². The lowest BCUT2D eigenvalue weighted by Crippen LogP contribution is -2.61. The first kappa shape index (κ1) is 24.0. The first-order valence-electron chi connectivity index (χ1n) is 11.4. The quantitative estimate of drug-likeness (QED) is 0.723. The topological polar surface area (TPSA) is 73.0 Å². The van der Waals surface area contributed by atoms with E-state index in [9.17, 15) is 13.2 Å². The van der Waals surface area contributed by atoms with Crippen LogP contribution in [0.3, 0.4) is 0 Å². The van der Waals surface area contributed by atoms with Crippen LogP contribution in [-0.2, 0) is 10.0 Å². The summed E-state index contributed by atoms with van der Waals surface area (Å²) in [6.45, 7) is 8.34. The van der Waals surface area contributed by atoms with Crippen LogP contribution in [0, 0.1) is 11.3 Å². The maximum absolute atomic E-state index is 13.6. The Labute approximate surface area is 187 Å².